The molecule has 2 aromatic rings. The number of aromatic nitrogens is 2. The number of ether oxygens (including phenoxy) is 2. The lowest BCUT2D eigenvalue weighted by Gasteiger charge is -2.34. The minimum Gasteiger partial charge on any atom is -0.375 e. The molecule has 1 aromatic heterocycles. The van der Waals surface area contributed by atoms with Gasteiger partial charge in [0.05, 0.1) is 12.7 Å². The summed E-state index contributed by atoms with van der Waals surface area (Å²) >= 11 is 1.60. The van der Waals surface area contributed by atoms with E-state index < -0.39 is 0 Å². The molecule has 2 aliphatic rings. The second-order valence-corrected chi connectivity index (χ2v) is 7.23. The van der Waals surface area contributed by atoms with Crippen LogP contribution in [-0.4, -0.2) is 48.7 Å². The molecule has 7 heteroatoms. The van der Waals surface area contributed by atoms with E-state index >= 15 is 0 Å². The normalized spacial score (nSPS) is 24.5. The summed E-state index contributed by atoms with van der Waals surface area (Å²) in [6.45, 7) is 3.16. The van der Waals surface area contributed by atoms with Crippen LogP contribution in [-0.2, 0) is 15.9 Å². The smallest absolute Gasteiger partial charge is 0.208 e. The second kappa shape index (κ2) is 7.13. The van der Waals surface area contributed by atoms with Crippen molar-refractivity contribution < 1.29 is 13.9 Å². The fourth-order valence-electron chi connectivity index (χ4n) is 3.19. The molecular weight excluding hydrogens is 329 g/mol. The Labute approximate surface area is 144 Å². The minimum absolute atomic E-state index is 0.116. The summed E-state index contributed by atoms with van der Waals surface area (Å²) in [5.41, 5.74) is 1.04. The van der Waals surface area contributed by atoms with Crippen molar-refractivity contribution >= 4 is 16.5 Å². The van der Waals surface area contributed by atoms with Crippen LogP contribution >= 0.6 is 11.3 Å². The number of hydrogen-bond donors (Lipinski definition) is 0. The van der Waals surface area contributed by atoms with Crippen molar-refractivity contribution in [3.05, 3.63) is 40.7 Å². The van der Waals surface area contributed by atoms with Crippen LogP contribution < -0.4 is 4.90 Å². The van der Waals surface area contributed by atoms with Crippen LogP contribution in [0.2, 0.25) is 0 Å². The first-order valence-electron chi connectivity index (χ1n) is 8.33. The lowest BCUT2D eigenvalue weighted by atomic mass is 10.1. The molecule has 0 radical (unpaired) electrons. The summed E-state index contributed by atoms with van der Waals surface area (Å²) in [4.78, 5) is 2.24. The van der Waals surface area contributed by atoms with Crippen LogP contribution in [0.5, 0.6) is 0 Å². The van der Waals surface area contributed by atoms with Crippen molar-refractivity contribution in [1.29, 1.82) is 0 Å². The van der Waals surface area contributed by atoms with Crippen molar-refractivity contribution in [2.45, 2.75) is 31.5 Å². The first-order valence-corrected chi connectivity index (χ1v) is 9.14. The molecule has 5 nitrogen and oxygen atoms in total. The predicted octanol–water partition coefficient (Wildman–Crippen LogP) is 2.65. The van der Waals surface area contributed by atoms with Crippen LogP contribution in [0.25, 0.3) is 0 Å². The predicted molar refractivity (Wildman–Crippen MR) is 90.0 cm³/mol. The fourth-order valence-corrected chi connectivity index (χ4v) is 4.10. The molecule has 2 fully saturated rings. The minimum atomic E-state index is -0.217. The van der Waals surface area contributed by atoms with E-state index in [-0.39, 0.29) is 18.0 Å². The van der Waals surface area contributed by atoms with E-state index in [4.69, 9.17) is 9.47 Å². The van der Waals surface area contributed by atoms with Gasteiger partial charge in [-0.2, -0.15) is 0 Å². The highest BCUT2D eigenvalue weighted by molar-refractivity contribution is 7.15. The molecule has 0 unspecified atom stereocenters. The van der Waals surface area contributed by atoms with E-state index in [1.807, 2.05) is 0 Å². The Balaban J connectivity index is 1.41. The zero-order chi connectivity index (χ0) is 16.4. The summed E-state index contributed by atoms with van der Waals surface area (Å²) in [5, 5.41) is 10.5. The van der Waals surface area contributed by atoms with Gasteiger partial charge in [-0.25, -0.2) is 4.39 Å². The first-order chi connectivity index (χ1) is 11.8. The molecule has 2 aliphatic heterocycles. The van der Waals surface area contributed by atoms with Gasteiger partial charge < -0.3 is 14.4 Å². The van der Waals surface area contributed by atoms with Gasteiger partial charge in [-0.1, -0.05) is 23.5 Å². The van der Waals surface area contributed by atoms with Crippen LogP contribution in [0.15, 0.2) is 24.3 Å². The number of morpholine rings is 1. The topological polar surface area (TPSA) is 47.5 Å². The average molecular weight is 349 g/mol. The number of halogens is 1. The van der Waals surface area contributed by atoms with Crippen molar-refractivity contribution in [3.63, 3.8) is 0 Å². The third kappa shape index (κ3) is 3.58. The Bertz CT molecular complexity index is 673. The number of anilines is 1. The molecule has 0 spiro atoms. The maximum Gasteiger partial charge on any atom is 0.208 e. The van der Waals surface area contributed by atoms with Gasteiger partial charge in [-0.3, -0.25) is 0 Å². The maximum absolute atomic E-state index is 13.0. The molecule has 0 amide bonds. The highest BCUT2D eigenvalue weighted by atomic mass is 32.1. The van der Waals surface area contributed by atoms with Gasteiger partial charge in [0.25, 0.3) is 0 Å². The summed E-state index contributed by atoms with van der Waals surface area (Å²) < 4.78 is 24.6. The molecule has 0 aliphatic carbocycles. The Kier molecular flexibility index (Phi) is 4.73. The summed E-state index contributed by atoms with van der Waals surface area (Å²) in [5.74, 6) is -0.217. The van der Waals surface area contributed by atoms with Crippen LogP contribution in [0.1, 0.15) is 23.4 Å². The highest BCUT2D eigenvalue weighted by Crippen LogP contribution is 2.27. The molecule has 3 heterocycles. The van der Waals surface area contributed by atoms with Crippen molar-refractivity contribution in [2.24, 2.45) is 0 Å². The van der Waals surface area contributed by atoms with Crippen molar-refractivity contribution in [1.82, 2.24) is 10.2 Å². The largest absolute Gasteiger partial charge is 0.375 e. The fraction of sp³-hybridized carbons (Fsp3) is 0.529. The van der Waals surface area contributed by atoms with E-state index in [1.54, 1.807) is 23.5 Å². The maximum atomic E-state index is 13.0. The van der Waals surface area contributed by atoms with Gasteiger partial charge in [0.1, 0.15) is 16.9 Å². The van der Waals surface area contributed by atoms with Gasteiger partial charge in [-0.05, 0) is 30.5 Å². The van der Waals surface area contributed by atoms with E-state index in [0.29, 0.717) is 13.0 Å². The van der Waals surface area contributed by atoms with Crippen molar-refractivity contribution in [2.75, 3.05) is 31.2 Å². The van der Waals surface area contributed by atoms with E-state index in [0.717, 1.165) is 48.2 Å². The molecule has 1 aromatic carbocycles. The molecule has 0 N–H and O–H groups in total. The molecular formula is C17H20FN3O2S. The zero-order valence-corrected chi connectivity index (χ0v) is 14.2. The SMILES string of the molecule is Fc1ccc(Cc2nnc(N3CCO[C@H]([C@@H]4CCCO4)C3)s2)cc1. The molecule has 24 heavy (non-hydrogen) atoms. The molecule has 2 atom stereocenters. The molecule has 0 bridgehead atoms. The van der Waals surface area contributed by atoms with Crippen molar-refractivity contribution in [3.8, 4) is 0 Å². The number of hydrogen-bond acceptors (Lipinski definition) is 6. The quantitative estimate of drug-likeness (QED) is 0.849. The molecule has 0 saturated carbocycles. The summed E-state index contributed by atoms with van der Waals surface area (Å²) in [6.07, 6.45) is 3.19. The lowest BCUT2D eigenvalue weighted by molar-refractivity contribution is -0.0543. The van der Waals surface area contributed by atoms with Gasteiger partial charge in [0.2, 0.25) is 5.13 Å². The number of rotatable bonds is 4. The Morgan fingerprint density at radius 2 is 1.96 bits per heavy atom. The molecule has 2 saturated heterocycles. The second-order valence-electron chi connectivity index (χ2n) is 6.19. The van der Waals surface area contributed by atoms with Gasteiger partial charge in [-0.15, -0.1) is 10.2 Å². The number of benzene rings is 1. The van der Waals surface area contributed by atoms with Gasteiger partial charge >= 0.3 is 0 Å². The third-order valence-electron chi connectivity index (χ3n) is 4.47. The lowest BCUT2D eigenvalue weighted by Crippen LogP contribution is -2.47. The molecule has 128 valence electrons. The monoisotopic (exact) mass is 349 g/mol. The third-order valence-corrected chi connectivity index (χ3v) is 5.45. The highest BCUT2D eigenvalue weighted by Gasteiger charge is 2.32. The average Bonchev–Trinajstić information content (AvgIpc) is 3.29. The summed E-state index contributed by atoms with van der Waals surface area (Å²) in [6, 6.07) is 6.54. The zero-order valence-electron chi connectivity index (χ0n) is 13.4. The van der Waals surface area contributed by atoms with E-state index in [2.05, 4.69) is 15.1 Å². The number of nitrogens with zero attached hydrogens (tertiary/aromatic N) is 3. The van der Waals surface area contributed by atoms with E-state index in [9.17, 15) is 4.39 Å². The van der Waals surface area contributed by atoms with Crippen LogP contribution in [0.3, 0.4) is 0 Å². The standard InChI is InChI=1S/C17H20FN3O2S/c18-13-5-3-12(4-6-13)10-16-19-20-17(24-16)21-7-9-23-15(11-21)14-2-1-8-22-14/h3-6,14-15H,1-2,7-11H2/t14-,15-/m0/s1. The Morgan fingerprint density at radius 1 is 1.12 bits per heavy atom. The van der Waals surface area contributed by atoms with Gasteiger partial charge in [0.15, 0.2) is 0 Å². The first kappa shape index (κ1) is 15.9. The van der Waals surface area contributed by atoms with Crippen LogP contribution in [0, 0.1) is 5.82 Å². The molecule has 4 rings (SSSR count). The Hall–Kier alpha value is -1.57. The van der Waals surface area contributed by atoms with E-state index in [1.165, 1.54) is 12.1 Å². The summed E-state index contributed by atoms with van der Waals surface area (Å²) in [7, 11) is 0. The van der Waals surface area contributed by atoms with Gasteiger partial charge in [0, 0.05) is 26.1 Å². The Morgan fingerprint density at radius 3 is 2.75 bits per heavy atom. The van der Waals surface area contributed by atoms with Crippen LogP contribution in [0.4, 0.5) is 9.52 Å².